The second-order valence-electron chi connectivity index (χ2n) is 5.01. The van der Waals surface area contributed by atoms with Gasteiger partial charge in [-0.15, -0.1) is 0 Å². The highest BCUT2D eigenvalue weighted by Gasteiger charge is 2.39. The lowest BCUT2D eigenvalue weighted by Crippen LogP contribution is -2.29. The molecule has 1 nitrogen and oxygen atoms in total. The van der Waals surface area contributed by atoms with E-state index in [1.165, 1.54) is 0 Å². The van der Waals surface area contributed by atoms with Gasteiger partial charge in [-0.25, -0.2) is 0 Å². The lowest BCUT2D eigenvalue weighted by molar-refractivity contribution is -0.142. The molecule has 0 aliphatic heterocycles. The number of rotatable bonds is 2. The Labute approximate surface area is 111 Å². The van der Waals surface area contributed by atoms with Crippen molar-refractivity contribution in [1.29, 1.82) is 0 Å². The Kier molecular flexibility index (Phi) is 3.75. The average Bonchev–Trinajstić information content (AvgIpc) is 2.23. The van der Waals surface area contributed by atoms with Gasteiger partial charge in [0.2, 0.25) is 0 Å². The minimum Gasteiger partial charge on any atom is -0.324 e. The van der Waals surface area contributed by atoms with Crippen LogP contribution in [0.5, 0.6) is 0 Å². The molecule has 20 heavy (non-hydrogen) atoms. The molecule has 0 unspecified atom stereocenters. The molecule has 7 heteroatoms. The van der Waals surface area contributed by atoms with Gasteiger partial charge in [-0.3, -0.25) is 0 Å². The highest BCUT2D eigenvalue weighted by molar-refractivity contribution is 5.38. The van der Waals surface area contributed by atoms with Crippen LogP contribution in [0.25, 0.3) is 0 Å². The van der Waals surface area contributed by atoms with Crippen molar-refractivity contribution in [2.45, 2.75) is 37.7 Å². The van der Waals surface area contributed by atoms with Crippen LogP contribution in [0, 0.1) is 5.92 Å². The van der Waals surface area contributed by atoms with Crippen LogP contribution in [0.15, 0.2) is 18.2 Å². The predicted octanol–water partition coefficient (Wildman–Crippen LogP) is 4.52. The van der Waals surface area contributed by atoms with Crippen molar-refractivity contribution >= 4 is 0 Å². The normalized spacial score (nSPS) is 18.8. The van der Waals surface area contributed by atoms with Gasteiger partial charge in [0, 0.05) is 6.04 Å². The van der Waals surface area contributed by atoms with Crippen LogP contribution in [0.2, 0.25) is 0 Å². The monoisotopic (exact) mass is 297 g/mol. The molecule has 0 radical (unpaired) electrons. The zero-order valence-electron chi connectivity index (χ0n) is 10.4. The second kappa shape index (κ2) is 4.95. The molecule has 1 saturated carbocycles. The van der Waals surface area contributed by atoms with E-state index in [9.17, 15) is 26.3 Å². The molecular weight excluding hydrogens is 284 g/mol. The predicted molar refractivity (Wildman–Crippen MR) is 60.7 cm³/mol. The fourth-order valence-corrected chi connectivity index (χ4v) is 2.33. The van der Waals surface area contributed by atoms with Crippen molar-refractivity contribution < 1.29 is 26.3 Å². The van der Waals surface area contributed by atoms with Gasteiger partial charge in [-0.2, -0.15) is 26.3 Å². The summed E-state index contributed by atoms with van der Waals surface area (Å²) in [6, 6.07) is 0.435. The Morgan fingerprint density at radius 3 is 2.00 bits per heavy atom. The van der Waals surface area contributed by atoms with E-state index in [0.717, 1.165) is 6.42 Å². The summed E-state index contributed by atoms with van der Waals surface area (Å²) in [5.41, 5.74) is 3.10. The maximum absolute atomic E-state index is 12.9. The molecule has 0 aromatic heterocycles. The Balaban J connectivity index is 2.47. The molecule has 1 aliphatic rings. The molecular formula is C13H13F6N. The molecule has 1 aliphatic carbocycles. The molecule has 0 bridgehead atoms. The summed E-state index contributed by atoms with van der Waals surface area (Å²) in [4.78, 5) is 0. The van der Waals surface area contributed by atoms with E-state index in [-0.39, 0.29) is 5.92 Å². The zero-order chi connectivity index (χ0) is 15.1. The fraction of sp³-hybridized carbons (Fsp3) is 0.538. The quantitative estimate of drug-likeness (QED) is 0.798. The number of halogens is 6. The first-order valence-electron chi connectivity index (χ1n) is 6.14. The first-order valence-corrected chi connectivity index (χ1v) is 6.14. The van der Waals surface area contributed by atoms with Crippen LogP contribution in [0.4, 0.5) is 26.3 Å². The van der Waals surface area contributed by atoms with Crippen LogP contribution < -0.4 is 5.73 Å². The van der Waals surface area contributed by atoms with Gasteiger partial charge in [-0.1, -0.05) is 6.42 Å². The molecule has 1 atom stereocenters. The van der Waals surface area contributed by atoms with Crippen LogP contribution in [0.3, 0.4) is 0 Å². The molecule has 0 amide bonds. The Hall–Kier alpha value is -1.24. The molecule has 0 spiro atoms. The highest BCUT2D eigenvalue weighted by atomic mass is 19.4. The van der Waals surface area contributed by atoms with Gasteiger partial charge in [0.05, 0.1) is 11.1 Å². The molecule has 1 aromatic rings. The first kappa shape index (κ1) is 15.2. The van der Waals surface area contributed by atoms with Crippen molar-refractivity contribution in [1.82, 2.24) is 0 Å². The maximum atomic E-state index is 12.9. The van der Waals surface area contributed by atoms with Crippen molar-refractivity contribution in [2.75, 3.05) is 0 Å². The van der Waals surface area contributed by atoms with E-state index in [1.807, 2.05) is 0 Å². The summed E-state index contributed by atoms with van der Waals surface area (Å²) in [6.07, 6.45) is -7.25. The topological polar surface area (TPSA) is 26.0 Å². The van der Waals surface area contributed by atoms with Crippen molar-refractivity contribution in [3.63, 3.8) is 0 Å². The third-order valence-corrected chi connectivity index (χ3v) is 3.70. The molecule has 0 heterocycles. The molecule has 2 N–H and O–H groups in total. The van der Waals surface area contributed by atoms with E-state index < -0.39 is 35.1 Å². The number of hydrogen-bond donors (Lipinski definition) is 1. The first-order chi connectivity index (χ1) is 9.10. The van der Waals surface area contributed by atoms with Gasteiger partial charge < -0.3 is 5.73 Å². The second-order valence-corrected chi connectivity index (χ2v) is 5.01. The summed E-state index contributed by atoms with van der Waals surface area (Å²) in [6.45, 7) is 0. The van der Waals surface area contributed by atoms with E-state index in [1.54, 1.807) is 0 Å². The Morgan fingerprint density at radius 2 is 1.60 bits per heavy atom. The molecule has 0 saturated heterocycles. The minimum atomic E-state index is -4.71. The van der Waals surface area contributed by atoms with Crippen LogP contribution in [-0.4, -0.2) is 0 Å². The van der Waals surface area contributed by atoms with Crippen LogP contribution >= 0.6 is 0 Å². The van der Waals surface area contributed by atoms with Crippen molar-refractivity contribution in [3.05, 3.63) is 34.9 Å². The summed E-state index contributed by atoms with van der Waals surface area (Å²) in [5, 5.41) is 0. The zero-order valence-corrected chi connectivity index (χ0v) is 10.4. The van der Waals surface area contributed by atoms with E-state index in [4.69, 9.17) is 5.73 Å². The average molecular weight is 297 g/mol. The number of hydrogen-bond acceptors (Lipinski definition) is 1. The lowest BCUT2D eigenvalue weighted by atomic mass is 9.76. The smallest absolute Gasteiger partial charge is 0.324 e. The van der Waals surface area contributed by atoms with Crippen molar-refractivity contribution in [3.8, 4) is 0 Å². The van der Waals surface area contributed by atoms with Crippen LogP contribution in [0.1, 0.15) is 42.0 Å². The van der Waals surface area contributed by atoms with Gasteiger partial charge in [0.1, 0.15) is 0 Å². The summed E-state index contributed by atoms with van der Waals surface area (Å²) in [5.74, 6) is -0.181. The van der Waals surface area contributed by atoms with Gasteiger partial charge in [-0.05, 0) is 42.5 Å². The SMILES string of the molecule is N[C@@H](c1cc(C(F)(F)F)ccc1C(F)(F)F)C1CCC1. The highest BCUT2D eigenvalue weighted by Crippen LogP contribution is 2.43. The molecule has 112 valence electrons. The van der Waals surface area contributed by atoms with Gasteiger partial charge in [0.15, 0.2) is 0 Å². The fourth-order valence-electron chi connectivity index (χ4n) is 2.33. The maximum Gasteiger partial charge on any atom is 0.416 e. The third-order valence-electron chi connectivity index (χ3n) is 3.70. The Morgan fingerprint density at radius 1 is 1.00 bits per heavy atom. The minimum absolute atomic E-state index is 0.181. The molecule has 2 rings (SSSR count). The van der Waals surface area contributed by atoms with Crippen molar-refractivity contribution in [2.24, 2.45) is 11.7 Å². The summed E-state index contributed by atoms with van der Waals surface area (Å²) < 4.78 is 76.6. The number of nitrogens with two attached hydrogens (primary N) is 1. The number of benzene rings is 1. The van der Waals surface area contributed by atoms with E-state index in [0.29, 0.717) is 31.0 Å². The van der Waals surface area contributed by atoms with Crippen LogP contribution in [-0.2, 0) is 12.4 Å². The van der Waals surface area contributed by atoms with E-state index >= 15 is 0 Å². The lowest BCUT2D eigenvalue weighted by Gasteiger charge is -2.33. The molecule has 1 fully saturated rings. The summed E-state index contributed by atoms with van der Waals surface area (Å²) in [7, 11) is 0. The largest absolute Gasteiger partial charge is 0.416 e. The molecule has 1 aromatic carbocycles. The Bertz CT molecular complexity index is 487. The van der Waals surface area contributed by atoms with Gasteiger partial charge >= 0.3 is 12.4 Å². The third kappa shape index (κ3) is 2.92. The number of alkyl halides is 6. The summed E-state index contributed by atoms with van der Waals surface area (Å²) >= 11 is 0. The van der Waals surface area contributed by atoms with Gasteiger partial charge in [0.25, 0.3) is 0 Å². The standard InChI is InChI=1S/C13H13F6N/c14-12(15,16)8-4-5-10(13(17,18)19)9(6-8)11(20)7-2-1-3-7/h4-7,11H,1-3,20H2/t11-/m1/s1. The van der Waals surface area contributed by atoms with E-state index in [2.05, 4.69) is 0 Å².